The summed E-state index contributed by atoms with van der Waals surface area (Å²) in [5.41, 5.74) is 4.07. The topological polar surface area (TPSA) is 39.8 Å². The molecule has 4 aromatic rings. The first-order valence-corrected chi connectivity index (χ1v) is 7.17. The Bertz CT molecular complexity index is 1070. The lowest BCUT2D eigenvalue weighted by Crippen LogP contribution is -2.20. The molecular formula is C18H15N3O. The normalized spacial score (nSPS) is 11.4. The third-order valence-corrected chi connectivity index (χ3v) is 4.13. The van der Waals surface area contributed by atoms with Crippen LogP contribution in [0.15, 0.2) is 59.5 Å². The first-order valence-electron chi connectivity index (χ1n) is 7.17. The van der Waals surface area contributed by atoms with Crippen LogP contribution in [0, 0.1) is 0 Å². The maximum Gasteiger partial charge on any atom is 0.277 e. The first-order chi connectivity index (χ1) is 10.7. The number of fused-ring (bicyclic) bond motifs is 2. The Kier molecular flexibility index (Phi) is 2.66. The molecule has 0 atom stereocenters. The smallest absolute Gasteiger partial charge is 0.277 e. The fraction of sp³-hybridized carbons (Fsp3) is 0.111. The number of benzene rings is 2. The van der Waals surface area contributed by atoms with E-state index in [0.717, 1.165) is 27.5 Å². The Morgan fingerprint density at radius 1 is 0.909 bits per heavy atom. The molecule has 0 aliphatic rings. The van der Waals surface area contributed by atoms with Gasteiger partial charge in [0.15, 0.2) is 0 Å². The predicted octanol–water partition coefficient (Wildman–Crippen LogP) is 3.09. The van der Waals surface area contributed by atoms with Crippen LogP contribution in [0.4, 0.5) is 0 Å². The Morgan fingerprint density at radius 2 is 1.59 bits per heavy atom. The van der Waals surface area contributed by atoms with E-state index < -0.39 is 0 Å². The zero-order valence-electron chi connectivity index (χ0n) is 12.4. The van der Waals surface area contributed by atoms with Gasteiger partial charge in [0.25, 0.3) is 5.56 Å². The molecule has 0 N–H and O–H groups in total. The molecule has 2 heterocycles. The summed E-state index contributed by atoms with van der Waals surface area (Å²) in [6.07, 6.45) is 1.98. The van der Waals surface area contributed by atoms with Crippen LogP contribution in [0.1, 0.15) is 0 Å². The highest BCUT2D eigenvalue weighted by Gasteiger charge is 2.15. The zero-order chi connectivity index (χ0) is 15.3. The Morgan fingerprint density at radius 3 is 2.41 bits per heavy atom. The van der Waals surface area contributed by atoms with Crippen molar-refractivity contribution in [3.05, 3.63) is 65.1 Å². The van der Waals surface area contributed by atoms with Crippen LogP contribution in [0.5, 0.6) is 0 Å². The van der Waals surface area contributed by atoms with Crippen molar-refractivity contribution in [3.63, 3.8) is 0 Å². The summed E-state index contributed by atoms with van der Waals surface area (Å²) in [5, 5.41) is 1.05. The van der Waals surface area contributed by atoms with Crippen LogP contribution in [-0.4, -0.2) is 14.1 Å². The van der Waals surface area contributed by atoms with Crippen molar-refractivity contribution in [2.24, 2.45) is 14.1 Å². The van der Waals surface area contributed by atoms with Crippen LogP contribution in [0.2, 0.25) is 0 Å². The molecule has 0 fully saturated rings. The van der Waals surface area contributed by atoms with Gasteiger partial charge in [-0.15, -0.1) is 0 Å². The number of hydrogen-bond donors (Lipinski definition) is 0. The third kappa shape index (κ3) is 1.70. The van der Waals surface area contributed by atoms with E-state index in [0.29, 0.717) is 5.69 Å². The van der Waals surface area contributed by atoms with E-state index in [-0.39, 0.29) is 5.56 Å². The average Bonchev–Trinajstić information content (AvgIpc) is 2.88. The largest absolute Gasteiger partial charge is 0.350 e. The summed E-state index contributed by atoms with van der Waals surface area (Å²) in [5.74, 6) is 0. The average molecular weight is 289 g/mol. The standard InChI is InChI=1S/C18H15N3O/c1-20-11-13(12-7-3-5-9-15(12)20)17-18(22)21(2)16-10-6-4-8-14(16)19-17/h3-11H,1-2H3. The van der Waals surface area contributed by atoms with Crippen LogP contribution in [0.3, 0.4) is 0 Å². The molecule has 0 aliphatic carbocycles. The van der Waals surface area contributed by atoms with E-state index >= 15 is 0 Å². The summed E-state index contributed by atoms with van der Waals surface area (Å²) in [6.45, 7) is 0. The lowest BCUT2D eigenvalue weighted by atomic mass is 10.1. The zero-order valence-corrected chi connectivity index (χ0v) is 12.4. The van der Waals surface area contributed by atoms with Gasteiger partial charge >= 0.3 is 0 Å². The maximum absolute atomic E-state index is 12.7. The molecule has 4 heteroatoms. The lowest BCUT2D eigenvalue weighted by Gasteiger charge is -2.07. The van der Waals surface area contributed by atoms with E-state index in [2.05, 4.69) is 4.98 Å². The lowest BCUT2D eigenvalue weighted by molar-refractivity contribution is 0.895. The summed E-state index contributed by atoms with van der Waals surface area (Å²) in [6, 6.07) is 15.8. The van der Waals surface area contributed by atoms with Gasteiger partial charge in [-0.2, -0.15) is 0 Å². The van der Waals surface area contributed by atoms with Crippen molar-refractivity contribution >= 4 is 21.9 Å². The van der Waals surface area contributed by atoms with Gasteiger partial charge in [-0.1, -0.05) is 30.3 Å². The third-order valence-electron chi connectivity index (χ3n) is 4.13. The summed E-state index contributed by atoms with van der Waals surface area (Å²) >= 11 is 0. The van der Waals surface area contributed by atoms with Gasteiger partial charge in [0, 0.05) is 36.8 Å². The predicted molar refractivity (Wildman–Crippen MR) is 88.9 cm³/mol. The van der Waals surface area contributed by atoms with Crippen molar-refractivity contribution in [3.8, 4) is 11.3 Å². The Hall–Kier alpha value is -2.88. The van der Waals surface area contributed by atoms with Crippen molar-refractivity contribution < 1.29 is 0 Å². The second kappa shape index (κ2) is 4.56. The second-order valence-electron chi connectivity index (χ2n) is 5.48. The van der Waals surface area contributed by atoms with Crippen molar-refractivity contribution in [1.82, 2.24) is 14.1 Å². The fourth-order valence-electron chi connectivity index (χ4n) is 2.98. The van der Waals surface area contributed by atoms with E-state index in [9.17, 15) is 4.79 Å². The van der Waals surface area contributed by atoms with E-state index in [4.69, 9.17) is 0 Å². The molecule has 0 saturated heterocycles. The van der Waals surface area contributed by atoms with E-state index in [1.807, 2.05) is 66.3 Å². The van der Waals surface area contributed by atoms with Crippen LogP contribution in [0.25, 0.3) is 33.2 Å². The van der Waals surface area contributed by atoms with Gasteiger partial charge in [-0.3, -0.25) is 4.79 Å². The number of aromatic nitrogens is 3. The first kappa shape index (κ1) is 12.8. The molecule has 22 heavy (non-hydrogen) atoms. The molecule has 0 radical (unpaired) electrons. The van der Waals surface area contributed by atoms with Gasteiger partial charge in [0.05, 0.1) is 11.0 Å². The Labute approximate surface area is 127 Å². The van der Waals surface area contributed by atoms with Gasteiger partial charge < -0.3 is 9.13 Å². The molecule has 2 aromatic carbocycles. The molecule has 108 valence electrons. The molecule has 0 spiro atoms. The summed E-state index contributed by atoms with van der Waals surface area (Å²) in [4.78, 5) is 17.3. The van der Waals surface area contributed by atoms with Gasteiger partial charge in [-0.05, 0) is 18.2 Å². The van der Waals surface area contributed by atoms with Crippen LogP contribution < -0.4 is 5.56 Å². The van der Waals surface area contributed by atoms with Gasteiger partial charge in [-0.25, -0.2) is 4.98 Å². The fourth-order valence-corrected chi connectivity index (χ4v) is 2.98. The minimum atomic E-state index is -0.0740. The number of hydrogen-bond acceptors (Lipinski definition) is 2. The molecule has 2 aromatic heterocycles. The number of para-hydroxylation sites is 3. The summed E-state index contributed by atoms with van der Waals surface area (Å²) < 4.78 is 3.69. The summed E-state index contributed by atoms with van der Waals surface area (Å²) in [7, 11) is 3.78. The van der Waals surface area contributed by atoms with Gasteiger partial charge in [0.2, 0.25) is 0 Å². The van der Waals surface area contributed by atoms with E-state index in [1.165, 1.54) is 0 Å². The SMILES string of the molecule is Cn1cc(-c2nc3ccccc3n(C)c2=O)c2ccccc21. The number of aryl methyl sites for hydroxylation is 2. The van der Waals surface area contributed by atoms with Crippen LogP contribution in [-0.2, 0) is 14.1 Å². The molecule has 0 aliphatic heterocycles. The minimum Gasteiger partial charge on any atom is -0.350 e. The highest BCUT2D eigenvalue weighted by Crippen LogP contribution is 2.27. The van der Waals surface area contributed by atoms with Crippen molar-refractivity contribution in [1.29, 1.82) is 0 Å². The van der Waals surface area contributed by atoms with Crippen LogP contribution >= 0.6 is 0 Å². The highest BCUT2D eigenvalue weighted by atomic mass is 16.1. The van der Waals surface area contributed by atoms with Crippen molar-refractivity contribution in [2.75, 3.05) is 0 Å². The quantitative estimate of drug-likeness (QED) is 0.540. The molecule has 0 unspecified atom stereocenters. The van der Waals surface area contributed by atoms with E-state index in [1.54, 1.807) is 11.6 Å². The number of nitrogens with zero attached hydrogens (tertiary/aromatic N) is 3. The monoisotopic (exact) mass is 289 g/mol. The highest BCUT2D eigenvalue weighted by molar-refractivity contribution is 5.95. The molecule has 0 saturated carbocycles. The second-order valence-corrected chi connectivity index (χ2v) is 5.48. The molecular weight excluding hydrogens is 274 g/mol. The molecule has 0 amide bonds. The Balaban J connectivity index is 2.13. The molecule has 4 rings (SSSR count). The minimum absolute atomic E-state index is 0.0740. The van der Waals surface area contributed by atoms with Crippen molar-refractivity contribution in [2.45, 2.75) is 0 Å². The molecule has 0 bridgehead atoms. The maximum atomic E-state index is 12.7. The van der Waals surface area contributed by atoms with Gasteiger partial charge in [0.1, 0.15) is 5.69 Å². The molecule has 4 nitrogen and oxygen atoms in total. The number of rotatable bonds is 1.